The molecule has 0 spiro atoms. The molecule has 2 N–H and O–H groups in total. The number of aliphatic hydroxyl groups is 1. The first-order valence-electron chi connectivity index (χ1n) is 9.64. The van der Waals surface area contributed by atoms with Crippen molar-refractivity contribution in [3.05, 3.63) is 30.1 Å². The number of rotatable bonds is 4. The lowest BCUT2D eigenvalue weighted by molar-refractivity contribution is -0.0687. The number of hydrogen-bond donors (Lipinski definition) is 2. The van der Waals surface area contributed by atoms with E-state index in [1.807, 2.05) is 12.1 Å². The summed E-state index contributed by atoms with van der Waals surface area (Å²) in [7, 11) is 0. The van der Waals surface area contributed by atoms with Gasteiger partial charge in [0, 0.05) is 30.6 Å². The SMILES string of the molecule is N#Cc1ccc2ncnc(NC3CCC(N4CCOC(CO)C4)CC3)c2c1. The summed E-state index contributed by atoms with van der Waals surface area (Å²) >= 11 is 0. The molecule has 1 aliphatic heterocycles. The Balaban J connectivity index is 1.40. The van der Waals surface area contributed by atoms with E-state index >= 15 is 0 Å². The first-order valence-corrected chi connectivity index (χ1v) is 9.64. The van der Waals surface area contributed by atoms with Gasteiger partial charge in [0.2, 0.25) is 0 Å². The zero-order valence-corrected chi connectivity index (χ0v) is 15.3. The molecule has 1 atom stereocenters. The maximum Gasteiger partial charge on any atom is 0.137 e. The average Bonchev–Trinajstić information content (AvgIpc) is 2.74. The Morgan fingerprint density at radius 3 is 2.89 bits per heavy atom. The highest BCUT2D eigenvalue weighted by atomic mass is 16.5. The van der Waals surface area contributed by atoms with Crippen LogP contribution in [0, 0.1) is 11.3 Å². The number of anilines is 1. The van der Waals surface area contributed by atoms with Gasteiger partial charge in [-0.2, -0.15) is 5.26 Å². The predicted octanol–water partition coefficient (Wildman–Crippen LogP) is 1.92. The minimum atomic E-state index is -0.0451. The molecule has 2 heterocycles. The van der Waals surface area contributed by atoms with E-state index in [4.69, 9.17) is 10.00 Å². The fourth-order valence-electron chi connectivity index (χ4n) is 4.20. The molecule has 1 aliphatic carbocycles. The number of nitrogens with zero attached hydrogens (tertiary/aromatic N) is 4. The summed E-state index contributed by atoms with van der Waals surface area (Å²) in [4.78, 5) is 11.2. The Morgan fingerprint density at radius 1 is 1.26 bits per heavy atom. The van der Waals surface area contributed by atoms with Gasteiger partial charge in [-0.05, 0) is 43.9 Å². The Hall–Kier alpha value is -2.27. The van der Waals surface area contributed by atoms with Gasteiger partial charge < -0.3 is 15.2 Å². The molecule has 27 heavy (non-hydrogen) atoms. The molecule has 142 valence electrons. The van der Waals surface area contributed by atoms with Crippen LogP contribution in [0.15, 0.2) is 24.5 Å². The minimum Gasteiger partial charge on any atom is -0.394 e. The van der Waals surface area contributed by atoms with Crippen molar-refractivity contribution in [2.75, 3.05) is 31.6 Å². The number of nitrogens with one attached hydrogen (secondary N) is 1. The van der Waals surface area contributed by atoms with Crippen LogP contribution in [0.5, 0.6) is 0 Å². The smallest absolute Gasteiger partial charge is 0.137 e. The molecule has 1 aromatic carbocycles. The van der Waals surface area contributed by atoms with Crippen molar-refractivity contribution in [3.8, 4) is 6.07 Å². The van der Waals surface area contributed by atoms with E-state index in [1.165, 1.54) is 0 Å². The first-order chi connectivity index (χ1) is 13.3. The molecule has 7 heteroatoms. The Kier molecular flexibility index (Phi) is 5.48. The topological polar surface area (TPSA) is 94.3 Å². The molecule has 1 unspecified atom stereocenters. The van der Waals surface area contributed by atoms with Gasteiger partial charge in [0.05, 0.1) is 36.5 Å². The molecule has 4 rings (SSSR count). The number of ether oxygens (including phenoxy) is 1. The molecule has 0 amide bonds. The third-order valence-corrected chi connectivity index (χ3v) is 5.69. The molecular formula is C20H25N5O2. The van der Waals surface area contributed by atoms with E-state index in [1.54, 1.807) is 12.4 Å². The minimum absolute atomic E-state index is 0.0451. The second kappa shape index (κ2) is 8.17. The van der Waals surface area contributed by atoms with Crippen molar-refractivity contribution in [2.24, 2.45) is 0 Å². The van der Waals surface area contributed by atoms with Crippen LogP contribution in [-0.4, -0.2) is 64.5 Å². The highest BCUT2D eigenvalue weighted by molar-refractivity contribution is 5.89. The van der Waals surface area contributed by atoms with Crippen molar-refractivity contribution in [2.45, 2.75) is 43.9 Å². The summed E-state index contributed by atoms with van der Waals surface area (Å²) < 4.78 is 5.57. The van der Waals surface area contributed by atoms with Crippen molar-refractivity contribution in [3.63, 3.8) is 0 Å². The molecule has 0 bridgehead atoms. The van der Waals surface area contributed by atoms with Crippen LogP contribution >= 0.6 is 0 Å². The van der Waals surface area contributed by atoms with E-state index in [0.717, 1.165) is 55.5 Å². The second-order valence-electron chi connectivity index (χ2n) is 7.39. The maximum atomic E-state index is 9.34. The van der Waals surface area contributed by atoms with Crippen LogP contribution in [0.25, 0.3) is 10.9 Å². The van der Waals surface area contributed by atoms with Crippen LogP contribution in [0.2, 0.25) is 0 Å². The Bertz CT molecular complexity index is 829. The summed E-state index contributed by atoms with van der Waals surface area (Å²) in [5.41, 5.74) is 1.47. The summed E-state index contributed by atoms with van der Waals surface area (Å²) in [6.07, 6.45) is 5.94. The zero-order valence-electron chi connectivity index (χ0n) is 15.3. The summed E-state index contributed by atoms with van der Waals surface area (Å²) in [5, 5.41) is 23.0. The predicted molar refractivity (Wildman–Crippen MR) is 102 cm³/mol. The number of fused-ring (bicyclic) bond motifs is 1. The van der Waals surface area contributed by atoms with E-state index in [9.17, 15) is 5.11 Å². The number of morpholine rings is 1. The summed E-state index contributed by atoms with van der Waals surface area (Å²) in [6, 6.07) is 8.63. The number of aliphatic hydroxyl groups excluding tert-OH is 1. The van der Waals surface area contributed by atoms with Crippen molar-refractivity contribution in [1.82, 2.24) is 14.9 Å². The number of aromatic nitrogens is 2. The Morgan fingerprint density at radius 2 is 2.11 bits per heavy atom. The molecule has 1 aromatic heterocycles. The molecule has 0 radical (unpaired) electrons. The van der Waals surface area contributed by atoms with Crippen LogP contribution < -0.4 is 5.32 Å². The molecule has 2 aromatic rings. The van der Waals surface area contributed by atoms with Gasteiger partial charge in [0.25, 0.3) is 0 Å². The van der Waals surface area contributed by atoms with Gasteiger partial charge in [0.1, 0.15) is 12.1 Å². The zero-order chi connectivity index (χ0) is 18.6. The van der Waals surface area contributed by atoms with Gasteiger partial charge in [-0.25, -0.2) is 9.97 Å². The van der Waals surface area contributed by atoms with Crippen molar-refractivity contribution >= 4 is 16.7 Å². The monoisotopic (exact) mass is 367 g/mol. The van der Waals surface area contributed by atoms with Crippen molar-refractivity contribution < 1.29 is 9.84 Å². The van der Waals surface area contributed by atoms with Crippen molar-refractivity contribution in [1.29, 1.82) is 5.26 Å². The fourth-order valence-corrected chi connectivity index (χ4v) is 4.20. The normalized spacial score (nSPS) is 26.6. The molecule has 1 saturated heterocycles. The second-order valence-corrected chi connectivity index (χ2v) is 7.39. The number of nitriles is 1. The van der Waals surface area contributed by atoms with Gasteiger partial charge >= 0.3 is 0 Å². The molecular weight excluding hydrogens is 342 g/mol. The van der Waals surface area contributed by atoms with Gasteiger partial charge in [0.15, 0.2) is 0 Å². The summed E-state index contributed by atoms with van der Waals surface area (Å²) in [6.45, 7) is 2.58. The van der Waals surface area contributed by atoms with Gasteiger partial charge in [-0.3, -0.25) is 4.90 Å². The van der Waals surface area contributed by atoms with Crippen LogP contribution in [0.1, 0.15) is 31.2 Å². The van der Waals surface area contributed by atoms with Crippen LogP contribution in [0.3, 0.4) is 0 Å². The van der Waals surface area contributed by atoms with E-state index < -0.39 is 0 Å². The molecule has 2 fully saturated rings. The standard InChI is InChI=1S/C20H25N5O2/c21-10-14-1-6-19-18(9-14)20(23-13-22-19)24-15-2-4-16(5-3-15)25-7-8-27-17(11-25)12-26/h1,6,9,13,15-17,26H,2-5,7-8,11-12H2,(H,22,23,24). The summed E-state index contributed by atoms with van der Waals surface area (Å²) in [5.74, 6) is 0.812. The molecule has 7 nitrogen and oxygen atoms in total. The largest absolute Gasteiger partial charge is 0.394 e. The van der Waals surface area contributed by atoms with Crippen LogP contribution in [0.4, 0.5) is 5.82 Å². The lowest BCUT2D eigenvalue weighted by Crippen LogP contribution is -2.50. The third-order valence-electron chi connectivity index (χ3n) is 5.69. The maximum absolute atomic E-state index is 9.34. The third kappa shape index (κ3) is 4.03. The quantitative estimate of drug-likeness (QED) is 0.852. The van der Waals surface area contributed by atoms with E-state index in [2.05, 4.69) is 26.3 Å². The fraction of sp³-hybridized carbons (Fsp3) is 0.550. The number of hydrogen-bond acceptors (Lipinski definition) is 7. The van der Waals surface area contributed by atoms with E-state index in [0.29, 0.717) is 24.3 Å². The average molecular weight is 367 g/mol. The van der Waals surface area contributed by atoms with Gasteiger partial charge in [-0.15, -0.1) is 0 Å². The highest BCUT2D eigenvalue weighted by Crippen LogP contribution is 2.28. The lowest BCUT2D eigenvalue weighted by Gasteiger charge is -2.41. The highest BCUT2D eigenvalue weighted by Gasteiger charge is 2.30. The first kappa shape index (κ1) is 18.1. The molecule has 2 aliphatic rings. The van der Waals surface area contributed by atoms with E-state index in [-0.39, 0.29) is 12.7 Å². The van der Waals surface area contributed by atoms with Gasteiger partial charge in [-0.1, -0.05) is 0 Å². The van der Waals surface area contributed by atoms with Crippen LogP contribution in [-0.2, 0) is 4.74 Å². The molecule has 1 saturated carbocycles. The number of benzene rings is 1. The lowest BCUT2D eigenvalue weighted by atomic mass is 9.89. The Labute approximate surface area is 159 Å².